The van der Waals surface area contributed by atoms with E-state index < -0.39 is 0 Å². The van der Waals surface area contributed by atoms with Crippen LogP contribution in [0.5, 0.6) is 5.88 Å². The zero-order valence-corrected chi connectivity index (χ0v) is 15.6. The largest absolute Gasteiger partial charge is 0.478 e. The Kier molecular flexibility index (Phi) is 5.22. The van der Waals surface area contributed by atoms with Gasteiger partial charge in [-0.3, -0.25) is 4.79 Å². The quantitative estimate of drug-likeness (QED) is 0.863. The lowest BCUT2D eigenvalue weighted by Gasteiger charge is -2.32. The fourth-order valence-electron chi connectivity index (χ4n) is 3.78. The number of aryl methyl sites for hydroxylation is 1. The minimum absolute atomic E-state index is 0.000943. The van der Waals surface area contributed by atoms with Crippen LogP contribution in [0.4, 0.5) is 5.82 Å². The molecule has 27 heavy (non-hydrogen) atoms. The van der Waals surface area contributed by atoms with Gasteiger partial charge < -0.3 is 19.5 Å². The topological polar surface area (TPSA) is 93.4 Å². The van der Waals surface area contributed by atoms with Crippen LogP contribution in [0.1, 0.15) is 54.4 Å². The fraction of sp³-hybridized carbons (Fsp3) is 0.579. The lowest BCUT2D eigenvalue weighted by atomic mass is 9.95. The second kappa shape index (κ2) is 7.94. The van der Waals surface area contributed by atoms with E-state index in [1.807, 2.05) is 17.9 Å². The molecule has 1 aliphatic heterocycles. The molecule has 0 unspecified atom stereocenters. The van der Waals surface area contributed by atoms with Gasteiger partial charge in [-0.15, -0.1) is 0 Å². The van der Waals surface area contributed by atoms with Crippen molar-refractivity contribution in [3.63, 3.8) is 0 Å². The minimum Gasteiger partial charge on any atom is -0.478 e. The Bertz CT molecular complexity index is 798. The molecule has 0 radical (unpaired) electrons. The number of hydrogen-bond donors (Lipinski definition) is 1. The van der Waals surface area contributed by atoms with Crippen molar-refractivity contribution >= 4 is 11.7 Å². The number of rotatable bonds is 5. The van der Waals surface area contributed by atoms with E-state index in [1.165, 1.54) is 6.33 Å². The number of hydrogen-bond acceptors (Lipinski definition) is 7. The van der Waals surface area contributed by atoms with Crippen LogP contribution in [0, 0.1) is 0 Å². The summed E-state index contributed by atoms with van der Waals surface area (Å²) < 4.78 is 10.8. The lowest BCUT2D eigenvalue weighted by molar-refractivity contribution is 0.0707. The molecule has 8 heteroatoms. The molecule has 1 fully saturated rings. The van der Waals surface area contributed by atoms with Gasteiger partial charge in [-0.25, -0.2) is 9.97 Å². The standard InChI is InChI=1S/C19H25N5O3/c1-2-26-17-11-16(20-12-21-17)22-13-7-9-24(10-8-13)19(25)18-14-5-3-4-6-15(14)27-23-18/h11-13H,2-10H2,1H3,(H,20,21,22). The SMILES string of the molecule is CCOc1cc(NC2CCN(C(=O)c3noc4c3CCCC4)CC2)ncn1. The van der Waals surface area contributed by atoms with Crippen LogP contribution in [-0.2, 0) is 12.8 Å². The van der Waals surface area contributed by atoms with Crippen molar-refractivity contribution in [3.8, 4) is 5.88 Å². The average Bonchev–Trinajstić information content (AvgIpc) is 3.13. The smallest absolute Gasteiger partial charge is 0.276 e. The lowest BCUT2D eigenvalue weighted by Crippen LogP contribution is -2.42. The number of aromatic nitrogens is 3. The molecule has 0 saturated carbocycles. The molecule has 4 rings (SSSR count). The molecule has 2 aromatic heterocycles. The minimum atomic E-state index is 0.000943. The molecule has 3 heterocycles. The van der Waals surface area contributed by atoms with Crippen molar-refractivity contribution in [2.75, 3.05) is 25.0 Å². The van der Waals surface area contributed by atoms with Gasteiger partial charge in [0.25, 0.3) is 5.91 Å². The van der Waals surface area contributed by atoms with Gasteiger partial charge >= 0.3 is 0 Å². The zero-order chi connectivity index (χ0) is 18.6. The maximum atomic E-state index is 12.9. The van der Waals surface area contributed by atoms with Crippen LogP contribution < -0.4 is 10.1 Å². The normalized spacial score (nSPS) is 17.4. The first-order valence-corrected chi connectivity index (χ1v) is 9.72. The predicted octanol–water partition coefficient (Wildman–Crippen LogP) is 2.46. The number of amides is 1. The van der Waals surface area contributed by atoms with E-state index in [2.05, 4.69) is 20.4 Å². The number of likely N-dealkylation sites (tertiary alicyclic amines) is 1. The van der Waals surface area contributed by atoms with Gasteiger partial charge in [0.05, 0.1) is 6.61 Å². The maximum absolute atomic E-state index is 12.9. The number of carbonyl (C=O) groups is 1. The van der Waals surface area contributed by atoms with Crippen molar-refractivity contribution in [1.29, 1.82) is 0 Å². The molecule has 2 aliphatic rings. The fourth-order valence-corrected chi connectivity index (χ4v) is 3.78. The summed E-state index contributed by atoms with van der Waals surface area (Å²) in [7, 11) is 0. The highest BCUT2D eigenvalue weighted by Crippen LogP contribution is 2.26. The molecule has 2 aromatic rings. The molecule has 1 amide bonds. The monoisotopic (exact) mass is 371 g/mol. The molecular formula is C19H25N5O3. The molecular weight excluding hydrogens is 346 g/mol. The van der Waals surface area contributed by atoms with Crippen molar-refractivity contribution in [3.05, 3.63) is 29.4 Å². The second-order valence-electron chi connectivity index (χ2n) is 7.03. The number of anilines is 1. The summed E-state index contributed by atoms with van der Waals surface area (Å²) in [5, 5.41) is 7.49. The Morgan fingerprint density at radius 2 is 2.11 bits per heavy atom. The van der Waals surface area contributed by atoms with Crippen molar-refractivity contribution < 1.29 is 14.1 Å². The Balaban J connectivity index is 1.34. The van der Waals surface area contributed by atoms with Crippen molar-refractivity contribution in [2.24, 2.45) is 0 Å². The Labute approximate surface area is 158 Å². The van der Waals surface area contributed by atoms with E-state index in [0.717, 1.165) is 55.7 Å². The third kappa shape index (κ3) is 3.89. The first kappa shape index (κ1) is 17.8. The third-order valence-electron chi connectivity index (χ3n) is 5.22. The van der Waals surface area contributed by atoms with Crippen LogP contribution in [0.15, 0.2) is 16.9 Å². The van der Waals surface area contributed by atoms with Gasteiger partial charge in [-0.1, -0.05) is 5.16 Å². The summed E-state index contributed by atoms with van der Waals surface area (Å²) in [6.45, 7) is 3.89. The van der Waals surface area contributed by atoms with Crippen LogP contribution in [0.3, 0.4) is 0 Å². The van der Waals surface area contributed by atoms with Gasteiger partial charge in [0.1, 0.15) is 17.9 Å². The Morgan fingerprint density at radius 3 is 2.93 bits per heavy atom. The number of ether oxygens (including phenoxy) is 1. The maximum Gasteiger partial charge on any atom is 0.276 e. The van der Waals surface area contributed by atoms with E-state index in [0.29, 0.717) is 31.3 Å². The van der Waals surface area contributed by atoms with E-state index in [1.54, 1.807) is 0 Å². The molecule has 0 bridgehead atoms. The van der Waals surface area contributed by atoms with Gasteiger partial charge in [-0.05, 0) is 39.0 Å². The van der Waals surface area contributed by atoms with E-state index in [4.69, 9.17) is 9.26 Å². The molecule has 144 valence electrons. The summed E-state index contributed by atoms with van der Waals surface area (Å²) in [4.78, 5) is 23.1. The third-order valence-corrected chi connectivity index (χ3v) is 5.22. The van der Waals surface area contributed by atoms with E-state index >= 15 is 0 Å². The highest BCUT2D eigenvalue weighted by molar-refractivity contribution is 5.94. The molecule has 1 saturated heterocycles. The second-order valence-corrected chi connectivity index (χ2v) is 7.03. The van der Waals surface area contributed by atoms with Crippen molar-refractivity contribution in [2.45, 2.75) is 51.5 Å². The van der Waals surface area contributed by atoms with Crippen LogP contribution >= 0.6 is 0 Å². The number of fused-ring (bicyclic) bond motifs is 1. The van der Waals surface area contributed by atoms with E-state index in [-0.39, 0.29) is 11.9 Å². The van der Waals surface area contributed by atoms with Crippen molar-refractivity contribution in [1.82, 2.24) is 20.0 Å². The summed E-state index contributed by atoms with van der Waals surface area (Å²) in [5.74, 6) is 2.22. The van der Waals surface area contributed by atoms with Gasteiger partial charge in [0, 0.05) is 37.2 Å². The predicted molar refractivity (Wildman–Crippen MR) is 98.9 cm³/mol. The zero-order valence-electron chi connectivity index (χ0n) is 15.6. The molecule has 0 aromatic carbocycles. The molecule has 8 nitrogen and oxygen atoms in total. The number of carbonyl (C=O) groups excluding carboxylic acids is 1. The summed E-state index contributed by atoms with van der Waals surface area (Å²) in [6.07, 6.45) is 7.22. The van der Waals surface area contributed by atoms with Crippen LogP contribution in [0.25, 0.3) is 0 Å². The van der Waals surface area contributed by atoms with Crippen LogP contribution in [0.2, 0.25) is 0 Å². The van der Waals surface area contributed by atoms with Gasteiger partial charge in [-0.2, -0.15) is 0 Å². The highest BCUT2D eigenvalue weighted by Gasteiger charge is 2.30. The number of nitrogens with zero attached hydrogens (tertiary/aromatic N) is 4. The average molecular weight is 371 g/mol. The number of nitrogens with one attached hydrogen (secondary N) is 1. The highest BCUT2D eigenvalue weighted by atomic mass is 16.5. The molecule has 0 spiro atoms. The summed E-state index contributed by atoms with van der Waals surface area (Å²) in [5.41, 5.74) is 1.55. The molecule has 1 N–H and O–H groups in total. The Hall–Kier alpha value is -2.64. The van der Waals surface area contributed by atoms with E-state index in [9.17, 15) is 4.79 Å². The molecule has 0 atom stereocenters. The summed E-state index contributed by atoms with van der Waals surface area (Å²) >= 11 is 0. The summed E-state index contributed by atoms with van der Waals surface area (Å²) in [6, 6.07) is 2.08. The first-order chi connectivity index (χ1) is 13.2. The first-order valence-electron chi connectivity index (χ1n) is 9.72. The number of piperidine rings is 1. The Morgan fingerprint density at radius 1 is 1.30 bits per heavy atom. The molecule has 1 aliphatic carbocycles. The van der Waals surface area contributed by atoms with Gasteiger partial charge in [0.15, 0.2) is 5.69 Å². The van der Waals surface area contributed by atoms with Crippen LogP contribution in [-0.4, -0.2) is 51.7 Å². The van der Waals surface area contributed by atoms with Gasteiger partial charge in [0.2, 0.25) is 5.88 Å².